The van der Waals surface area contributed by atoms with Gasteiger partial charge in [0.1, 0.15) is 6.04 Å². The minimum Gasteiger partial charge on any atom is -0.468 e. The van der Waals surface area contributed by atoms with Crippen LogP contribution in [-0.4, -0.2) is 32.3 Å². The van der Waals surface area contributed by atoms with Crippen LogP contribution in [0.25, 0.3) is 10.8 Å². The van der Waals surface area contributed by atoms with Crippen LogP contribution in [-0.2, 0) is 14.3 Å². The van der Waals surface area contributed by atoms with E-state index in [2.05, 4.69) is 23.5 Å². The molecule has 1 heterocycles. The maximum absolute atomic E-state index is 12.2. The molecule has 0 spiro atoms. The molecule has 1 atom stereocenters. The molecule has 0 amide bonds. The van der Waals surface area contributed by atoms with Crippen molar-refractivity contribution in [3.05, 3.63) is 48.0 Å². The summed E-state index contributed by atoms with van der Waals surface area (Å²) in [7, 11) is 1.43. The fraction of sp³-hybridized carbons (Fsp3) is 0.389. The maximum atomic E-state index is 12.2. The average Bonchev–Trinajstić information content (AvgIpc) is 2.59. The van der Waals surface area contributed by atoms with Gasteiger partial charge in [-0.15, -0.1) is 0 Å². The number of nitrogens with one attached hydrogen (secondary N) is 1. The van der Waals surface area contributed by atoms with Crippen LogP contribution in [0.4, 0.5) is 0 Å². The van der Waals surface area contributed by atoms with Crippen molar-refractivity contribution in [2.75, 3.05) is 20.3 Å². The van der Waals surface area contributed by atoms with Gasteiger partial charge >= 0.3 is 5.97 Å². The van der Waals surface area contributed by atoms with E-state index in [-0.39, 0.29) is 12.0 Å². The Balaban J connectivity index is 1.87. The Bertz CT molecular complexity index is 650. The molecule has 1 saturated heterocycles. The van der Waals surface area contributed by atoms with Gasteiger partial charge in [-0.05, 0) is 35.2 Å². The third kappa shape index (κ3) is 3.29. The van der Waals surface area contributed by atoms with E-state index in [1.54, 1.807) is 0 Å². The predicted octanol–water partition coefficient (Wildman–Crippen LogP) is 2.82. The van der Waals surface area contributed by atoms with Crippen LogP contribution < -0.4 is 5.32 Å². The monoisotopic (exact) mass is 299 g/mol. The van der Waals surface area contributed by atoms with Gasteiger partial charge in [-0.3, -0.25) is 5.32 Å². The Hall–Kier alpha value is -1.91. The summed E-state index contributed by atoms with van der Waals surface area (Å²) < 4.78 is 10.4. The maximum Gasteiger partial charge on any atom is 0.327 e. The zero-order valence-corrected chi connectivity index (χ0v) is 12.7. The molecule has 1 aliphatic rings. The summed E-state index contributed by atoms with van der Waals surface area (Å²) in [4.78, 5) is 12.2. The molecule has 3 rings (SSSR count). The molecule has 2 aromatic carbocycles. The third-order valence-corrected chi connectivity index (χ3v) is 4.17. The smallest absolute Gasteiger partial charge is 0.327 e. The number of methoxy groups -OCH3 is 1. The molecule has 1 fully saturated rings. The van der Waals surface area contributed by atoms with Gasteiger partial charge in [0.15, 0.2) is 0 Å². The number of carbonyl (C=O) groups excluding carboxylic acids is 1. The normalized spacial score (nSPS) is 17.3. The van der Waals surface area contributed by atoms with Gasteiger partial charge in [0, 0.05) is 19.3 Å². The number of hydrogen-bond donors (Lipinski definition) is 1. The Morgan fingerprint density at radius 1 is 1.18 bits per heavy atom. The van der Waals surface area contributed by atoms with Gasteiger partial charge in [0.2, 0.25) is 0 Å². The molecule has 0 unspecified atom stereocenters. The second-order valence-corrected chi connectivity index (χ2v) is 5.62. The zero-order chi connectivity index (χ0) is 15.4. The quantitative estimate of drug-likeness (QED) is 0.882. The van der Waals surface area contributed by atoms with E-state index in [0.717, 1.165) is 37.0 Å². The highest BCUT2D eigenvalue weighted by Crippen LogP contribution is 2.23. The van der Waals surface area contributed by atoms with Gasteiger partial charge in [0.05, 0.1) is 7.11 Å². The van der Waals surface area contributed by atoms with Crippen molar-refractivity contribution in [3.63, 3.8) is 0 Å². The average molecular weight is 299 g/mol. The fourth-order valence-electron chi connectivity index (χ4n) is 2.91. The number of hydrogen-bond acceptors (Lipinski definition) is 4. The van der Waals surface area contributed by atoms with E-state index < -0.39 is 6.04 Å². The van der Waals surface area contributed by atoms with Crippen molar-refractivity contribution < 1.29 is 14.3 Å². The molecule has 0 radical (unpaired) electrons. The van der Waals surface area contributed by atoms with E-state index >= 15 is 0 Å². The minimum absolute atomic E-state index is 0.248. The number of ether oxygens (including phenoxy) is 2. The van der Waals surface area contributed by atoms with Crippen LogP contribution in [0.15, 0.2) is 42.5 Å². The van der Waals surface area contributed by atoms with E-state index in [4.69, 9.17) is 9.47 Å². The molecule has 1 aliphatic heterocycles. The highest BCUT2D eigenvalue weighted by atomic mass is 16.5. The lowest BCUT2D eigenvalue weighted by molar-refractivity contribution is -0.143. The van der Waals surface area contributed by atoms with Crippen LogP contribution in [0.2, 0.25) is 0 Å². The molecule has 0 bridgehead atoms. The summed E-state index contributed by atoms with van der Waals surface area (Å²) in [6.07, 6.45) is 1.84. The second-order valence-electron chi connectivity index (χ2n) is 5.62. The molecule has 0 aliphatic carbocycles. The summed E-state index contributed by atoms with van der Waals surface area (Å²) in [6.45, 7) is 1.48. The van der Waals surface area contributed by atoms with Gasteiger partial charge in [-0.25, -0.2) is 4.79 Å². The van der Waals surface area contributed by atoms with Crippen LogP contribution in [0, 0.1) is 0 Å². The second kappa shape index (κ2) is 6.90. The van der Waals surface area contributed by atoms with Crippen molar-refractivity contribution >= 4 is 16.7 Å². The van der Waals surface area contributed by atoms with Gasteiger partial charge in [-0.1, -0.05) is 36.4 Å². The van der Waals surface area contributed by atoms with E-state index in [1.807, 2.05) is 24.3 Å². The Morgan fingerprint density at radius 2 is 1.91 bits per heavy atom. The van der Waals surface area contributed by atoms with Gasteiger partial charge in [0.25, 0.3) is 0 Å². The fourth-order valence-corrected chi connectivity index (χ4v) is 2.91. The van der Waals surface area contributed by atoms with Crippen molar-refractivity contribution in [1.29, 1.82) is 0 Å². The third-order valence-electron chi connectivity index (χ3n) is 4.17. The van der Waals surface area contributed by atoms with Crippen molar-refractivity contribution in [3.8, 4) is 0 Å². The molecule has 0 saturated carbocycles. The first-order valence-corrected chi connectivity index (χ1v) is 7.68. The van der Waals surface area contributed by atoms with Crippen LogP contribution >= 0.6 is 0 Å². The number of rotatable bonds is 4. The lowest BCUT2D eigenvalue weighted by atomic mass is 9.99. The molecular weight excluding hydrogens is 278 g/mol. The first-order chi connectivity index (χ1) is 10.8. The standard InChI is InChI=1S/C18H21NO3/c1-21-18(20)17(19-16-8-10-22-11-9-16)15-7-6-13-4-2-3-5-14(13)12-15/h2-7,12,16-17,19H,8-11H2,1H3/t17-/m0/s1. The molecular formula is C18H21NO3. The van der Waals surface area contributed by atoms with Gasteiger partial charge in [-0.2, -0.15) is 0 Å². The predicted molar refractivity (Wildman–Crippen MR) is 85.7 cm³/mol. The summed E-state index contributed by atoms with van der Waals surface area (Å²) in [5.41, 5.74) is 0.942. The molecule has 4 heteroatoms. The first-order valence-electron chi connectivity index (χ1n) is 7.68. The molecule has 116 valence electrons. The van der Waals surface area contributed by atoms with Crippen molar-refractivity contribution in [2.45, 2.75) is 24.9 Å². The van der Waals surface area contributed by atoms with Crippen LogP contribution in [0.5, 0.6) is 0 Å². The van der Waals surface area contributed by atoms with E-state index in [9.17, 15) is 4.79 Å². The number of fused-ring (bicyclic) bond motifs is 1. The van der Waals surface area contributed by atoms with Crippen molar-refractivity contribution in [1.82, 2.24) is 5.32 Å². The highest BCUT2D eigenvalue weighted by molar-refractivity contribution is 5.85. The van der Waals surface area contributed by atoms with E-state index in [1.165, 1.54) is 12.5 Å². The Labute approximate surface area is 130 Å². The summed E-state index contributed by atoms with van der Waals surface area (Å²) >= 11 is 0. The SMILES string of the molecule is COC(=O)[C@@H](NC1CCOCC1)c1ccc2ccccc2c1. The summed E-state index contributed by atoms with van der Waals surface area (Å²) in [5.74, 6) is -0.248. The molecule has 1 N–H and O–H groups in total. The molecule has 2 aromatic rings. The number of benzene rings is 2. The molecule has 22 heavy (non-hydrogen) atoms. The number of carbonyl (C=O) groups is 1. The minimum atomic E-state index is -0.433. The Kier molecular flexibility index (Phi) is 4.71. The lowest BCUT2D eigenvalue weighted by Gasteiger charge is -2.27. The number of esters is 1. The topological polar surface area (TPSA) is 47.6 Å². The van der Waals surface area contributed by atoms with Crippen LogP contribution in [0.3, 0.4) is 0 Å². The Morgan fingerprint density at radius 3 is 2.64 bits per heavy atom. The van der Waals surface area contributed by atoms with Crippen LogP contribution in [0.1, 0.15) is 24.4 Å². The lowest BCUT2D eigenvalue weighted by Crippen LogP contribution is -2.40. The first kappa shape index (κ1) is 15.0. The molecule has 4 nitrogen and oxygen atoms in total. The summed E-state index contributed by atoms with van der Waals surface area (Å²) in [5, 5.41) is 5.73. The van der Waals surface area contributed by atoms with Crippen molar-refractivity contribution in [2.24, 2.45) is 0 Å². The highest BCUT2D eigenvalue weighted by Gasteiger charge is 2.26. The molecule has 0 aromatic heterocycles. The summed E-state index contributed by atoms with van der Waals surface area (Å²) in [6, 6.07) is 14.1. The van der Waals surface area contributed by atoms with Gasteiger partial charge < -0.3 is 9.47 Å². The largest absolute Gasteiger partial charge is 0.468 e. The van der Waals surface area contributed by atoms with E-state index in [0.29, 0.717) is 0 Å². The zero-order valence-electron chi connectivity index (χ0n) is 12.7.